The molecule has 0 aliphatic rings. The lowest BCUT2D eigenvalue weighted by Crippen LogP contribution is -2.32. The van der Waals surface area contributed by atoms with E-state index in [0.29, 0.717) is 10.7 Å². The van der Waals surface area contributed by atoms with Crippen LogP contribution in [0.1, 0.15) is 6.92 Å². The summed E-state index contributed by atoms with van der Waals surface area (Å²) < 4.78 is 6.22. The van der Waals surface area contributed by atoms with Gasteiger partial charge in [0.05, 0.1) is 10.7 Å². The van der Waals surface area contributed by atoms with Crippen molar-refractivity contribution in [1.82, 2.24) is 4.57 Å². The first kappa shape index (κ1) is 16.8. The number of aromatic nitrogens is 1. The Balaban J connectivity index is 1.93. The van der Waals surface area contributed by atoms with Crippen LogP contribution in [0.2, 0.25) is 5.02 Å². The molecule has 0 radical (unpaired) electrons. The number of amides is 1. The van der Waals surface area contributed by atoms with Crippen molar-refractivity contribution in [3.63, 3.8) is 0 Å². The Morgan fingerprint density at radius 1 is 1.22 bits per heavy atom. The molecule has 0 fully saturated rings. The summed E-state index contributed by atoms with van der Waals surface area (Å²) in [5.74, 6) is -1.19. The van der Waals surface area contributed by atoms with E-state index in [9.17, 15) is 14.4 Å². The van der Waals surface area contributed by atoms with Crippen LogP contribution < -0.4 is 10.9 Å². The van der Waals surface area contributed by atoms with Crippen molar-refractivity contribution in [3.05, 3.63) is 64.0 Å². The summed E-state index contributed by atoms with van der Waals surface area (Å²) in [4.78, 5) is 35.3. The molecule has 0 saturated heterocycles. The zero-order valence-corrected chi connectivity index (χ0v) is 13.1. The molecule has 0 aliphatic carbocycles. The fourth-order valence-electron chi connectivity index (χ4n) is 1.82. The number of hydrogen-bond acceptors (Lipinski definition) is 4. The maximum Gasteiger partial charge on any atom is 0.326 e. The molecule has 23 heavy (non-hydrogen) atoms. The molecule has 0 aliphatic heterocycles. The number of carbonyl (C=O) groups is 2. The molecule has 2 aromatic rings. The van der Waals surface area contributed by atoms with E-state index in [-0.39, 0.29) is 12.1 Å². The van der Waals surface area contributed by atoms with E-state index >= 15 is 0 Å². The highest BCUT2D eigenvalue weighted by molar-refractivity contribution is 6.33. The van der Waals surface area contributed by atoms with Gasteiger partial charge in [-0.3, -0.25) is 14.4 Å². The molecule has 6 nitrogen and oxygen atoms in total. The van der Waals surface area contributed by atoms with Gasteiger partial charge >= 0.3 is 5.97 Å². The number of nitrogens with zero attached hydrogens (tertiary/aromatic N) is 1. The van der Waals surface area contributed by atoms with Gasteiger partial charge in [-0.05, 0) is 25.1 Å². The van der Waals surface area contributed by atoms with Gasteiger partial charge in [0.2, 0.25) is 0 Å². The second-order valence-electron chi connectivity index (χ2n) is 4.77. The number of benzene rings is 1. The summed E-state index contributed by atoms with van der Waals surface area (Å²) in [6.45, 7) is 1.18. The molecular formula is C16H15ClN2O4. The number of halogens is 1. The number of anilines is 1. The van der Waals surface area contributed by atoms with Crippen molar-refractivity contribution < 1.29 is 14.3 Å². The predicted octanol–water partition coefficient (Wildman–Crippen LogP) is 2.07. The maximum absolute atomic E-state index is 12.0. The number of hydrogen-bond donors (Lipinski definition) is 1. The minimum Gasteiger partial charge on any atom is -0.451 e. The molecule has 7 heteroatoms. The largest absolute Gasteiger partial charge is 0.451 e. The van der Waals surface area contributed by atoms with Crippen LogP contribution in [0.3, 0.4) is 0 Å². The van der Waals surface area contributed by atoms with Gasteiger partial charge in [0, 0.05) is 12.3 Å². The summed E-state index contributed by atoms with van der Waals surface area (Å²) >= 11 is 5.94. The number of pyridine rings is 1. The molecule has 2 rings (SSSR count). The molecule has 0 spiro atoms. The third-order valence-electron chi connectivity index (χ3n) is 3.01. The van der Waals surface area contributed by atoms with Crippen LogP contribution in [0.15, 0.2) is 53.5 Å². The standard InChI is InChI=1S/C16H15ClN2O4/c1-11(16(22)18-13-7-3-2-6-12(13)17)23-15(21)10-19-9-5-4-8-14(19)20/h2-9,11H,10H2,1H3,(H,18,22)/t11-/m0/s1. The first-order valence-corrected chi connectivity index (χ1v) is 7.25. The van der Waals surface area contributed by atoms with E-state index in [2.05, 4.69) is 5.32 Å². The molecular weight excluding hydrogens is 320 g/mol. The van der Waals surface area contributed by atoms with Crippen LogP contribution in [0.4, 0.5) is 5.69 Å². The fourth-order valence-corrected chi connectivity index (χ4v) is 2.00. The topological polar surface area (TPSA) is 77.4 Å². The Labute approximate surface area is 137 Å². The minimum absolute atomic E-state index is 0.261. The zero-order valence-electron chi connectivity index (χ0n) is 12.4. The van der Waals surface area contributed by atoms with Gasteiger partial charge < -0.3 is 14.6 Å². The quantitative estimate of drug-likeness (QED) is 0.849. The summed E-state index contributed by atoms with van der Waals surface area (Å²) in [6.07, 6.45) is 0.455. The SMILES string of the molecule is C[C@H](OC(=O)Cn1ccccc1=O)C(=O)Nc1ccccc1Cl. The number of carbonyl (C=O) groups excluding carboxylic acids is 2. The zero-order chi connectivity index (χ0) is 16.8. The third-order valence-corrected chi connectivity index (χ3v) is 3.34. The van der Waals surface area contributed by atoms with Crippen molar-refractivity contribution in [3.8, 4) is 0 Å². The van der Waals surface area contributed by atoms with Crippen molar-refractivity contribution in [1.29, 1.82) is 0 Å². The molecule has 1 heterocycles. The smallest absolute Gasteiger partial charge is 0.326 e. The monoisotopic (exact) mass is 334 g/mol. The van der Waals surface area contributed by atoms with E-state index in [1.807, 2.05) is 0 Å². The molecule has 120 valence electrons. The number of nitrogens with one attached hydrogen (secondary N) is 1. The molecule has 0 unspecified atom stereocenters. The fraction of sp³-hybridized carbons (Fsp3) is 0.188. The van der Waals surface area contributed by atoms with Crippen LogP contribution in [0.5, 0.6) is 0 Å². The van der Waals surface area contributed by atoms with Crippen molar-refractivity contribution in [2.45, 2.75) is 19.6 Å². The molecule has 1 aromatic carbocycles. The Bertz CT molecular complexity index is 772. The average Bonchev–Trinajstić information content (AvgIpc) is 2.51. The van der Waals surface area contributed by atoms with Crippen molar-refractivity contribution >= 4 is 29.2 Å². The van der Waals surface area contributed by atoms with Crippen LogP contribution in [0, 0.1) is 0 Å². The van der Waals surface area contributed by atoms with E-state index in [1.165, 1.54) is 23.8 Å². The van der Waals surface area contributed by atoms with Crippen LogP contribution in [0.25, 0.3) is 0 Å². The van der Waals surface area contributed by atoms with E-state index < -0.39 is 18.0 Å². The molecule has 1 aromatic heterocycles. The second-order valence-corrected chi connectivity index (χ2v) is 5.18. The lowest BCUT2D eigenvalue weighted by atomic mass is 10.3. The normalized spacial score (nSPS) is 11.6. The lowest BCUT2D eigenvalue weighted by molar-refractivity contribution is -0.153. The highest BCUT2D eigenvalue weighted by atomic mass is 35.5. The highest BCUT2D eigenvalue weighted by Gasteiger charge is 2.19. The van der Waals surface area contributed by atoms with Crippen LogP contribution in [-0.4, -0.2) is 22.5 Å². The first-order valence-electron chi connectivity index (χ1n) is 6.87. The second kappa shape index (κ2) is 7.60. The van der Waals surface area contributed by atoms with Gasteiger partial charge in [0.1, 0.15) is 6.54 Å². The van der Waals surface area contributed by atoms with Gasteiger partial charge in [-0.25, -0.2) is 0 Å². The molecule has 0 bridgehead atoms. The predicted molar refractivity (Wildman–Crippen MR) is 86.3 cm³/mol. The first-order chi connectivity index (χ1) is 11.0. The molecule has 1 N–H and O–H groups in total. The average molecular weight is 335 g/mol. The van der Waals surface area contributed by atoms with Crippen LogP contribution >= 0.6 is 11.6 Å². The van der Waals surface area contributed by atoms with E-state index in [4.69, 9.17) is 16.3 Å². The van der Waals surface area contributed by atoms with Crippen LogP contribution in [-0.2, 0) is 20.9 Å². The molecule has 1 atom stereocenters. The van der Waals surface area contributed by atoms with E-state index in [0.717, 1.165) is 0 Å². The van der Waals surface area contributed by atoms with Crippen molar-refractivity contribution in [2.24, 2.45) is 0 Å². The van der Waals surface area contributed by atoms with Gasteiger partial charge in [-0.2, -0.15) is 0 Å². The summed E-state index contributed by atoms with van der Waals surface area (Å²) in [7, 11) is 0. The summed E-state index contributed by atoms with van der Waals surface area (Å²) in [6, 6.07) is 11.3. The number of esters is 1. The van der Waals surface area contributed by atoms with Gasteiger partial charge in [-0.15, -0.1) is 0 Å². The number of rotatable bonds is 5. The number of para-hydroxylation sites is 1. The summed E-state index contributed by atoms with van der Waals surface area (Å²) in [5.41, 5.74) is 0.110. The highest BCUT2D eigenvalue weighted by Crippen LogP contribution is 2.20. The maximum atomic E-state index is 12.0. The lowest BCUT2D eigenvalue weighted by Gasteiger charge is -2.14. The Kier molecular flexibility index (Phi) is 5.54. The van der Waals surface area contributed by atoms with Gasteiger partial charge in [-0.1, -0.05) is 29.8 Å². The summed E-state index contributed by atoms with van der Waals surface area (Å²) in [5, 5.41) is 2.96. The Morgan fingerprint density at radius 2 is 1.91 bits per heavy atom. The van der Waals surface area contributed by atoms with E-state index in [1.54, 1.807) is 36.4 Å². The Morgan fingerprint density at radius 3 is 2.61 bits per heavy atom. The Hall–Kier alpha value is -2.60. The minimum atomic E-state index is -1.02. The molecule has 0 saturated carbocycles. The molecule has 1 amide bonds. The van der Waals surface area contributed by atoms with Gasteiger partial charge in [0.15, 0.2) is 6.10 Å². The van der Waals surface area contributed by atoms with Crippen molar-refractivity contribution in [2.75, 3.05) is 5.32 Å². The number of ether oxygens (including phenoxy) is 1. The third kappa shape index (κ3) is 4.69. The van der Waals surface area contributed by atoms with Gasteiger partial charge in [0.25, 0.3) is 11.5 Å².